The highest BCUT2D eigenvalue weighted by Gasteiger charge is 2.19. The molecule has 0 saturated carbocycles. The second-order valence-corrected chi connectivity index (χ2v) is 6.65. The van der Waals surface area contributed by atoms with Crippen molar-refractivity contribution in [2.24, 2.45) is 5.90 Å². The summed E-state index contributed by atoms with van der Waals surface area (Å²) < 4.78 is 12.8. The van der Waals surface area contributed by atoms with Crippen LogP contribution in [0, 0.1) is 0 Å². The molecule has 0 saturated heterocycles. The predicted molar refractivity (Wildman–Crippen MR) is 112 cm³/mol. The van der Waals surface area contributed by atoms with Crippen LogP contribution in [0.3, 0.4) is 0 Å². The number of ether oxygens (including phenoxy) is 2. The van der Waals surface area contributed by atoms with E-state index in [1.165, 1.54) is 0 Å². The molecule has 1 aromatic carbocycles. The summed E-state index contributed by atoms with van der Waals surface area (Å²) in [4.78, 5) is 20.8. The highest BCUT2D eigenvalue weighted by Crippen LogP contribution is 2.23. The van der Waals surface area contributed by atoms with E-state index >= 15 is 0 Å². The van der Waals surface area contributed by atoms with Gasteiger partial charge in [-0.25, -0.2) is 15.7 Å². The van der Waals surface area contributed by atoms with Crippen molar-refractivity contribution in [3.63, 3.8) is 0 Å². The third-order valence-corrected chi connectivity index (χ3v) is 4.42. The Hall–Kier alpha value is -2.64. The van der Waals surface area contributed by atoms with Crippen LogP contribution in [-0.4, -0.2) is 34.8 Å². The van der Waals surface area contributed by atoms with Crippen LogP contribution < -0.4 is 10.6 Å². The van der Waals surface area contributed by atoms with Crippen molar-refractivity contribution in [3.8, 4) is 5.75 Å². The number of carbonyl (C=O) groups is 1. The zero-order valence-corrected chi connectivity index (χ0v) is 17.3. The molecule has 0 amide bonds. The molecule has 1 heterocycles. The molecule has 2 N–H and O–H groups in total. The van der Waals surface area contributed by atoms with Gasteiger partial charge in [-0.1, -0.05) is 31.6 Å². The van der Waals surface area contributed by atoms with Gasteiger partial charge in [0.25, 0.3) is 0 Å². The third kappa shape index (κ3) is 7.71. The highest BCUT2D eigenvalue weighted by atomic mass is 16.6. The molecule has 0 aliphatic rings. The Kier molecular flexibility index (Phi) is 9.95. The number of aromatic nitrogens is 2. The molecule has 0 fully saturated rings. The summed E-state index contributed by atoms with van der Waals surface area (Å²) in [5.74, 6) is 5.68. The van der Waals surface area contributed by atoms with Gasteiger partial charge < -0.3 is 14.0 Å². The van der Waals surface area contributed by atoms with Crippen molar-refractivity contribution in [1.82, 2.24) is 9.55 Å². The lowest BCUT2D eigenvalue weighted by molar-refractivity contribution is -0.157. The molecule has 1 aromatic heterocycles. The summed E-state index contributed by atoms with van der Waals surface area (Å²) >= 11 is 0. The van der Waals surface area contributed by atoms with Gasteiger partial charge >= 0.3 is 5.97 Å². The predicted octanol–water partition coefficient (Wildman–Crippen LogP) is 3.75. The van der Waals surface area contributed by atoms with Gasteiger partial charge in [0.2, 0.25) is 0 Å². The minimum absolute atomic E-state index is 0.297. The monoisotopic (exact) mass is 401 g/mol. The van der Waals surface area contributed by atoms with Gasteiger partial charge in [0, 0.05) is 18.9 Å². The summed E-state index contributed by atoms with van der Waals surface area (Å²) in [5, 5.41) is 0. The first-order chi connectivity index (χ1) is 14.2. The molecule has 29 heavy (non-hydrogen) atoms. The molecule has 2 rings (SSSR count). The fourth-order valence-electron chi connectivity index (χ4n) is 2.86. The number of nitrogens with two attached hydrogens (primary N) is 1. The number of nitrogens with zero attached hydrogens (tertiary/aromatic N) is 2. The Balaban J connectivity index is 2.13. The highest BCUT2D eigenvalue weighted by molar-refractivity contribution is 5.74. The zero-order chi connectivity index (χ0) is 20.9. The molecule has 1 unspecified atom stereocenters. The number of benzene rings is 1. The van der Waals surface area contributed by atoms with Crippen LogP contribution in [0.4, 0.5) is 0 Å². The van der Waals surface area contributed by atoms with E-state index in [2.05, 4.69) is 24.1 Å². The van der Waals surface area contributed by atoms with Crippen LogP contribution in [0.15, 0.2) is 49.1 Å². The van der Waals surface area contributed by atoms with E-state index in [1.54, 1.807) is 19.4 Å². The van der Waals surface area contributed by atoms with Gasteiger partial charge in [0.05, 0.1) is 19.5 Å². The van der Waals surface area contributed by atoms with Crippen LogP contribution in [0.2, 0.25) is 0 Å². The van der Waals surface area contributed by atoms with E-state index < -0.39 is 12.1 Å². The van der Waals surface area contributed by atoms with E-state index in [4.69, 9.17) is 20.2 Å². The van der Waals surface area contributed by atoms with Gasteiger partial charge in [-0.3, -0.25) is 4.84 Å². The van der Waals surface area contributed by atoms with Gasteiger partial charge in [-0.05, 0) is 49.5 Å². The lowest BCUT2D eigenvalue weighted by Crippen LogP contribution is -2.29. The minimum Gasteiger partial charge on any atom is -0.494 e. The Morgan fingerprint density at radius 2 is 2.21 bits per heavy atom. The molecule has 0 aliphatic carbocycles. The lowest BCUT2D eigenvalue weighted by atomic mass is 10.0. The van der Waals surface area contributed by atoms with Crippen LogP contribution in [0.25, 0.3) is 5.57 Å². The fraction of sp³-hybridized carbons (Fsp3) is 0.455. The SMILES string of the molecule is CCCCOc1cccc(C(=CCCC(ON)C(=O)OCC)Cn2ccnc2)c1. The van der Waals surface area contributed by atoms with Gasteiger partial charge in [-0.2, -0.15) is 0 Å². The molecular weight excluding hydrogens is 370 g/mol. The summed E-state index contributed by atoms with van der Waals surface area (Å²) in [7, 11) is 0. The molecule has 0 radical (unpaired) electrons. The molecule has 2 aromatic rings. The number of carbonyl (C=O) groups excluding carboxylic acids is 1. The van der Waals surface area contributed by atoms with E-state index in [9.17, 15) is 4.79 Å². The summed E-state index contributed by atoms with van der Waals surface area (Å²) in [6.45, 7) is 5.55. The molecule has 7 heteroatoms. The first-order valence-electron chi connectivity index (χ1n) is 10.1. The average molecular weight is 402 g/mol. The Bertz CT molecular complexity index is 759. The van der Waals surface area contributed by atoms with E-state index in [0.717, 1.165) is 29.7 Å². The molecule has 7 nitrogen and oxygen atoms in total. The second kappa shape index (κ2) is 12.7. The maximum Gasteiger partial charge on any atom is 0.337 e. The number of rotatable bonds is 13. The third-order valence-electron chi connectivity index (χ3n) is 4.42. The topological polar surface area (TPSA) is 88.6 Å². The summed E-state index contributed by atoms with van der Waals surface area (Å²) in [5.41, 5.74) is 2.16. The van der Waals surface area contributed by atoms with Crippen molar-refractivity contribution in [2.75, 3.05) is 13.2 Å². The van der Waals surface area contributed by atoms with Gasteiger partial charge in [-0.15, -0.1) is 0 Å². The molecule has 0 spiro atoms. The molecule has 158 valence electrons. The zero-order valence-electron chi connectivity index (χ0n) is 17.3. The van der Waals surface area contributed by atoms with E-state index in [1.807, 2.05) is 29.0 Å². The summed E-state index contributed by atoms with van der Waals surface area (Å²) in [6.07, 6.45) is 9.94. The Morgan fingerprint density at radius 1 is 1.34 bits per heavy atom. The van der Waals surface area contributed by atoms with Crippen LogP contribution in [-0.2, 0) is 20.9 Å². The first-order valence-corrected chi connectivity index (χ1v) is 10.1. The Morgan fingerprint density at radius 3 is 2.90 bits per heavy atom. The van der Waals surface area contributed by atoms with Crippen molar-refractivity contribution in [1.29, 1.82) is 0 Å². The average Bonchev–Trinajstić information content (AvgIpc) is 3.24. The lowest BCUT2D eigenvalue weighted by Gasteiger charge is -2.14. The number of hydrogen-bond donors (Lipinski definition) is 1. The van der Waals surface area contributed by atoms with Crippen molar-refractivity contribution < 1.29 is 19.1 Å². The standard InChI is InChI=1S/C22H31N3O4/c1-3-5-14-28-20-10-6-8-18(15-20)19(16-25-13-12-24-17-25)9-7-11-21(29-23)22(26)27-4-2/h6,8-10,12-13,15,17,21H,3-5,7,11,14,16,23H2,1-2H3. The number of esters is 1. The number of hydrogen-bond acceptors (Lipinski definition) is 6. The minimum atomic E-state index is -0.774. The van der Waals surface area contributed by atoms with Crippen LogP contribution in [0.5, 0.6) is 5.75 Å². The smallest absolute Gasteiger partial charge is 0.337 e. The normalized spacial score (nSPS) is 12.6. The van der Waals surface area contributed by atoms with Crippen molar-refractivity contribution in [2.45, 2.75) is 52.2 Å². The van der Waals surface area contributed by atoms with Gasteiger partial charge in [0.1, 0.15) is 5.75 Å². The van der Waals surface area contributed by atoms with Crippen LogP contribution in [0.1, 0.15) is 45.1 Å². The van der Waals surface area contributed by atoms with Crippen molar-refractivity contribution in [3.05, 3.63) is 54.6 Å². The van der Waals surface area contributed by atoms with Crippen molar-refractivity contribution >= 4 is 11.5 Å². The fourth-order valence-corrected chi connectivity index (χ4v) is 2.86. The molecule has 0 aliphatic heterocycles. The molecule has 0 bridgehead atoms. The molecular formula is C22H31N3O4. The Labute approximate surface area is 172 Å². The maximum absolute atomic E-state index is 11.9. The number of allylic oxidation sites excluding steroid dienone is 2. The van der Waals surface area contributed by atoms with Gasteiger partial charge in [0.15, 0.2) is 6.10 Å². The number of imidazole rings is 1. The number of unbranched alkanes of at least 4 members (excludes halogenated alkanes) is 1. The second-order valence-electron chi connectivity index (χ2n) is 6.65. The van der Waals surface area contributed by atoms with E-state index in [-0.39, 0.29) is 0 Å². The van der Waals surface area contributed by atoms with E-state index in [0.29, 0.717) is 32.6 Å². The quantitative estimate of drug-likeness (QED) is 0.312. The van der Waals surface area contributed by atoms with Crippen LogP contribution >= 0.6 is 0 Å². The first kappa shape index (κ1) is 22.6. The summed E-state index contributed by atoms with van der Waals surface area (Å²) in [6, 6.07) is 8.05. The molecule has 1 atom stereocenters. The maximum atomic E-state index is 11.9. The largest absolute Gasteiger partial charge is 0.494 e.